The first kappa shape index (κ1) is 23.6. The molecular weight excluding hydrogens is 466 g/mol. The van der Waals surface area contributed by atoms with Crippen molar-refractivity contribution in [3.8, 4) is 23.3 Å². The number of hydrogen-bond acceptors (Lipinski definition) is 8. The van der Waals surface area contributed by atoms with Crippen LogP contribution in [-0.2, 0) is 16.0 Å². The maximum absolute atomic E-state index is 13.5. The highest BCUT2D eigenvalue weighted by molar-refractivity contribution is 6.15. The maximum Gasteiger partial charge on any atom is 0.230 e. The summed E-state index contributed by atoms with van der Waals surface area (Å²) in [6.07, 6.45) is -1.34. The van der Waals surface area contributed by atoms with Crippen LogP contribution in [-0.4, -0.2) is 54.7 Å². The summed E-state index contributed by atoms with van der Waals surface area (Å²) in [4.78, 5) is 38.3. The molecule has 0 radical (unpaired) electrons. The van der Waals surface area contributed by atoms with Crippen LogP contribution in [0.25, 0.3) is 0 Å². The zero-order valence-corrected chi connectivity index (χ0v) is 18.9. The Morgan fingerprint density at radius 1 is 1.06 bits per heavy atom. The van der Waals surface area contributed by atoms with E-state index in [2.05, 4.69) is 11.8 Å². The van der Waals surface area contributed by atoms with Crippen LogP contribution in [0, 0.1) is 29.6 Å². The van der Waals surface area contributed by atoms with Gasteiger partial charge in [0.25, 0.3) is 0 Å². The van der Waals surface area contributed by atoms with Gasteiger partial charge in [-0.15, -0.1) is 0 Å². The Balaban J connectivity index is 1.62. The molecule has 3 aliphatic rings. The molecule has 7 N–H and O–H groups in total. The van der Waals surface area contributed by atoms with Gasteiger partial charge in [-0.2, -0.15) is 0 Å². The average molecular weight is 489 g/mol. The number of fused-ring (bicyclic) bond motifs is 3. The normalized spacial score (nSPS) is 28.9. The van der Waals surface area contributed by atoms with E-state index in [0.29, 0.717) is 16.7 Å². The number of primary amides is 1. The predicted molar refractivity (Wildman–Crippen MR) is 125 cm³/mol. The number of rotatable bonds is 1. The Hall–Kier alpha value is -4.13. The van der Waals surface area contributed by atoms with E-state index in [0.717, 1.165) is 0 Å². The highest BCUT2D eigenvalue weighted by Crippen LogP contribution is 2.51. The molecule has 3 aliphatic carbocycles. The van der Waals surface area contributed by atoms with Crippen molar-refractivity contribution in [1.82, 2.24) is 0 Å². The Labute approximate surface area is 205 Å². The monoisotopic (exact) mass is 489 g/mol. The lowest BCUT2D eigenvalue weighted by molar-refractivity contribution is -0.167. The minimum absolute atomic E-state index is 0.0486. The predicted octanol–water partition coefficient (Wildman–Crippen LogP) is 0.851. The van der Waals surface area contributed by atoms with Crippen LogP contribution < -0.4 is 5.73 Å². The third kappa shape index (κ3) is 3.38. The number of carbonyl (C=O) groups excluding carboxylic acids is 3. The van der Waals surface area contributed by atoms with E-state index in [1.54, 1.807) is 18.2 Å². The minimum atomic E-state index is -2.54. The molecule has 36 heavy (non-hydrogen) atoms. The van der Waals surface area contributed by atoms with Crippen molar-refractivity contribution in [1.29, 1.82) is 0 Å². The molecule has 9 heteroatoms. The van der Waals surface area contributed by atoms with Crippen molar-refractivity contribution in [2.75, 3.05) is 0 Å². The van der Waals surface area contributed by atoms with Crippen molar-refractivity contribution < 1.29 is 39.9 Å². The number of phenols is 2. The van der Waals surface area contributed by atoms with Crippen LogP contribution >= 0.6 is 0 Å². The third-order valence-corrected chi connectivity index (χ3v) is 7.46. The molecule has 5 rings (SSSR count). The number of phenolic OH excluding ortho intramolecular Hbond substituents is 2. The van der Waals surface area contributed by atoms with Gasteiger partial charge in [-0.05, 0) is 61.1 Å². The standard InChI is InChI=1S/C27H23NO8/c28-26(35)22-19(31)11-15-9-14-10-17-13(5-4-12-2-1-3-16(29)8-12)6-7-18(30)21(17)23(32)20(14)24(33)27(15,36)25(22)34/h1-3,6-8,14-15,19,22,29-31,33,36H,9-11H2,(H2,28,35)/t14-,15+,19?,22?,27+/m1/s1. The fourth-order valence-corrected chi connectivity index (χ4v) is 5.77. The second-order valence-corrected chi connectivity index (χ2v) is 9.52. The molecule has 0 aliphatic heterocycles. The van der Waals surface area contributed by atoms with Crippen molar-refractivity contribution in [2.45, 2.75) is 31.0 Å². The summed E-state index contributed by atoms with van der Waals surface area (Å²) in [7, 11) is 0. The number of benzene rings is 2. The number of amides is 1. The van der Waals surface area contributed by atoms with E-state index in [1.165, 1.54) is 18.2 Å². The molecule has 9 nitrogen and oxygen atoms in total. The number of aromatic hydroxyl groups is 2. The van der Waals surface area contributed by atoms with Gasteiger partial charge < -0.3 is 31.3 Å². The zero-order chi connectivity index (χ0) is 25.9. The van der Waals surface area contributed by atoms with Gasteiger partial charge in [0, 0.05) is 22.6 Å². The maximum atomic E-state index is 13.5. The summed E-state index contributed by atoms with van der Waals surface area (Å²) in [5.74, 6) is -1.58. The van der Waals surface area contributed by atoms with Crippen LogP contribution in [0.4, 0.5) is 0 Å². The van der Waals surface area contributed by atoms with Gasteiger partial charge in [0.05, 0.1) is 11.7 Å². The fraction of sp³-hybridized carbons (Fsp3) is 0.296. The zero-order valence-electron chi connectivity index (χ0n) is 18.9. The molecular formula is C27H23NO8. The lowest BCUT2D eigenvalue weighted by Crippen LogP contribution is -2.63. The van der Waals surface area contributed by atoms with E-state index in [-0.39, 0.29) is 41.9 Å². The Morgan fingerprint density at radius 3 is 2.50 bits per heavy atom. The molecule has 0 aromatic heterocycles. The first-order valence-corrected chi connectivity index (χ1v) is 11.4. The summed E-state index contributed by atoms with van der Waals surface area (Å²) in [5.41, 5.74) is 3.88. The first-order valence-electron chi connectivity index (χ1n) is 11.4. The molecule has 2 aromatic carbocycles. The lowest BCUT2D eigenvalue weighted by Gasteiger charge is -2.48. The van der Waals surface area contributed by atoms with Gasteiger partial charge >= 0.3 is 0 Å². The molecule has 1 saturated carbocycles. The average Bonchev–Trinajstić information content (AvgIpc) is 2.80. The SMILES string of the molecule is NC(=O)C1C(=O)[C@@]2(O)C(O)=C3C(=O)c4c(O)ccc(C#Cc5cccc(O)c5)c4C[C@H]3C[C@H]2CC1O. The topological polar surface area (TPSA) is 178 Å². The van der Waals surface area contributed by atoms with E-state index < -0.39 is 52.7 Å². The molecule has 0 saturated heterocycles. The lowest BCUT2D eigenvalue weighted by atomic mass is 9.57. The van der Waals surface area contributed by atoms with E-state index in [1.807, 2.05) is 0 Å². The smallest absolute Gasteiger partial charge is 0.230 e. The molecule has 184 valence electrons. The number of aliphatic hydroxyl groups is 3. The minimum Gasteiger partial charge on any atom is -0.508 e. The van der Waals surface area contributed by atoms with Crippen molar-refractivity contribution in [2.24, 2.45) is 23.5 Å². The summed E-state index contributed by atoms with van der Waals surface area (Å²) in [6.45, 7) is 0. The van der Waals surface area contributed by atoms with Gasteiger partial charge in [-0.1, -0.05) is 17.9 Å². The van der Waals surface area contributed by atoms with Gasteiger partial charge in [0.1, 0.15) is 23.2 Å². The third-order valence-electron chi connectivity index (χ3n) is 7.46. The number of hydrogen-bond donors (Lipinski definition) is 6. The highest BCUT2D eigenvalue weighted by atomic mass is 16.3. The van der Waals surface area contributed by atoms with Crippen LogP contribution in [0.1, 0.15) is 39.9 Å². The molecule has 2 unspecified atom stereocenters. The van der Waals surface area contributed by atoms with Crippen LogP contribution in [0.2, 0.25) is 0 Å². The van der Waals surface area contributed by atoms with Crippen LogP contribution in [0.3, 0.4) is 0 Å². The highest BCUT2D eigenvalue weighted by Gasteiger charge is 2.62. The molecule has 0 bridgehead atoms. The van der Waals surface area contributed by atoms with E-state index >= 15 is 0 Å². The second-order valence-electron chi connectivity index (χ2n) is 9.52. The van der Waals surface area contributed by atoms with Crippen molar-refractivity contribution in [3.63, 3.8) is 0 Å². The molecule has 5 atom stereocenters. The summed E-state index contributed by atoms with van der Waals surface area (Å²) in [5, 5.41) is 52.9. The summed E-state index contributed by atoms with van der Waals surface area (Å²) >= 11 is 0. The quantitative estimate of drug-likeness (QED) is 0.252. The number of nitrogens with two attached hydrogens (primary N) is 1. The van der Waals surface area contributed by atoms with Crippen molar-refractivity contribution >= 4 is 17.5 Å². The van der Waals surface area contributed by atoms with Gasteiger partial charge in [-0.25, -0.2) is 0 Å². The molecule has 2 aromatic rings. The number of ketones is 2. The summed E-state index contributed by atoms with van der Waals surface area (Å²) < 4.78 is 0. The van der Waals surface area contributed by atoms with Gasteiger partial charge in [0.2, 0.25) is 5.91 Å². The summed E-state index contributed by atoms with van der Waals surface area (Å²) in [6, 6.07) is 9.20. The van der Waals surface area contributed by atoms with E-state index in [9.17, 15) is 39.9 Å². The van der Waals surface area contributed by atoms with Crippen LogP contribution in [0.15, 0.2) is 47.7 Å². The molecule has 1 amide bonds. The number of allylic oxidation sites excluding steroid dienone is 1. The number of Topliss-reactive ketones (excluding diaryl/α,β-unsaturated/α-hetero) is 2. The fourth-order valence-electron chi connectivity index (χ4n) is 5.77. The second kappa shape index (κ2) is 8.22. The van der Waals surface area contributed by atoms with Gasteiger partial charge in [-0.3, -0.25) is 14.4 Å². The van der Waals surface area contributed by atoms with Crippen LogP contribution in [0.5, 0.6) is 11.5 Å². The Kier molecular flexibility index (Phi) is 5.39. The Bertz CT molecular complexity index is 1430. The van der Waals surface area contributed by atoms with E-state index in [4.69, 9.17) is 5.73 Å². The van der Waals surface area contributed by atoms with Gasteiger partial charge in [0.15, 0.2) is 17.2 Å². The largest absolute Gasteiger partial charge is 0.508 e. The molecule has 1 fully saturated rings. The molecule has 0 spiro atoms. The number of carbonyl (C=O) groups is 3. The Morgan fingerprint density at radius 2 is 1.81 bits per heavy atom. The molecule has 0 heterocycles. The van der Waals surface area contributed by atoms with Crippen molar-refractivity contribution in [3.05, 3.63) is 70.0 Å². The number of aliphatic hydroxyl groups excluding tert-OH is 2. The first-order chi connectivity index (χ1) is 17.0.